The number of nitrogens with one attached hydrogen (secondary N) is 1. The molecule has 0 aromatic carbocycles. The zero-order chi connectivity index (χ0) is 9.56. The molecule has 0 spiro atoms. The van der Waals surface area contributed by atoms with Gasteiger partial charge < -0.3 is 5.32 Å². The van der Waals surface area contributed by atoms with E-state index in [0.29, 0.717) is 5.57 Å². The number of carbonyl (C=O) groups is 2. The van der Waals surface area contributed by atoms with Crippen LogP contribution in [0.3, 0.4) is 0 Å². The lowest BCUT2D eigenvalue weighted by Gasteiger charge is -1.98. The number of hydrogen-bond donors (Lipinski definition) is 1. The quantitative estimate of drug-likeness (QED) is 0.669. The molecule has 0 heterocycles. The molecule has 0 aromatic heterocycles. The van der Waals surface area contributed by atoms with Crippen LogP contribution in [0.1, 0.15) is 13.8 Å². The van der Waals surface area contributed by atoms with E-state index in [2.05, 4.69) is 5.32 Å². The van der Waals surface area contributed by atoms with E-state index in [1.807, 2.05) is 0 Å². The van der Waals surface area contributed by atoms with E-state index in [1.54, 1.807) is 27.0 Å². The predicted molar refractivity (Wildman–Crippen MR) is 51.0 cm³/mol. The van der Waals surface area contributed by atoms with Gasteiger partial charge in [-0.15, -0.1) is 0 Å². The van der Waals surface area contributed by atoms with Crippen molar-refractivity contribution in [3.05, 3.63) is 11.6 Å². The summed E-state index contributed by atoms with van der Waals surface area (Å²) in [5.74, 6) is 0.0674. The lowest BCUT2D eigenvalue weighted by molar-refractivity contribution is -0.118. The summed E-state index contributed by atoms with van der Waals surface area (Å²) in [5, 5.41) is 2.41. The molecule has 12 heavy (non-hydrogen) atoms. The summed E-state index contributed by atoms with van der Waals surface area (Å²) in [5.41, 5.74) is 0.684. The molecule has 0 fully saturated rings. The predicted octanol–water partition coefficient (Wildman–Crippen LogP) is 0.958. The van der Waals surface area contributed by atoms with Crippen molar-refractivity contribution in [2.24, 2.45) is 0 Å². The second-order valence-electron chi connectivity index (χ2n) is 2.22. The third-order valence-electron chi connectivity index (χ3n) is 1.37. The van der Waals surface area contributed by atoms with Gasteiger partial charge in [0.1, 0.15) is 0 Å². The van der Waals surface area contributed by atoms with E-state index in [4.69, 9.17) is 0 Å². The molecule has 1 N–H and O–H groups in total. The van der Waals surface area contributed by atoms with Crippen molar-refractivity contribution in [2.45, 2.75) is 13.8 Å². The number of amides is 1. The van der Waals surface area contributed by atoms with Crippen molar-refractivity contribution in [2.75, 3.05) is 12.8 Å². The molecule has 68 valence electrons. The Morgan fingerprint density at radius 1 is 1.50 bits per heavy atom. The van der Waals surface area contributed by atoms with Gasteiger partial charge in [-0.25, -0.2) is 0 Å². The Kier molecular flexibility index (Phi) is 5.45. The van der Waals surface area contributed by atoms with Crippen molar-refractivity contribution in [3.63, 3.8) is 0 Å². The highest BCUT2D eigenvalue weighted by atomic mass is 32.2. The van der Waals surface area contributed by atoms with Crippen LogP contribution in [-0.4, -0.2) is 23.8 Å². The molecule has 3 nitrogen and oxygen atoms in total. The number of hydrogen-bond acceptors (Lipinski definition) is 3. The van der Waals surface area contributed by atoms with Crippen LogP contribution in [0.25, 0.3) is 0 Å². The average Bonchev–Trinajstić information content (AvgIpc) is 2.11. The Bertz CT molecular complexity index is 211. The second kappa shape index (κ2) is 5.83. The standard InChI is InChI=1S/C8H13NO2S/c1-4-6(2)8(11)12-5-7(10)9-3/h4H,5H2,1-3H3,(H,9,10)/b6-4+. The smallest absolute Gasteiger partial charge is 0.230 e. The molecule has 0 aliphatic heterocycles. The van der Waals surface area contributed by atoms with E-state index in [9.17, 15) is 9.59 Å². The zero-order valence-electron chi connectivity index (χ0n) is 7.51. The summed E-state index contributed by atoms with van der Waals surface area (Å²) in [6.07, 6.45) is 1.74. The normalized spacial score (nSPS) is 11.1. The molecule has 0 rings (SSSR count). The molecule has 1 amide bonds. The van der Waals surface area contributed by atoms with Crippen molar-refractivity contribution in [1.82, 2.24) is 5.32 Å². The Balaban J connectivity index is 3.80. The highest BCUT2D eigenvalue weighted by molar-refractivity contribution is 8.14. The first-order valence-electron chi connectivity index (χ1n) is 3.62. The minimum atomic E-state index is -0.128. The van der Waals surface area contributed by atoms with Crippen LogP contribution in [0.15, 0.2) is 11.6 Å². The Morgan fingerprint density at radius 2 is 2.08 bits per heavy atom. The Hall–Kier alpha value is -0.770. The monoisotopic (exact) mass is 187 g/mol. The van der Waals surface area contributed by atoms with Crippen molar-refractivity contribution in [1.29, 1.82) is 0 Å². The minimum absolute atomic E-state index is 0.0406. The van der Waals surface area contributed by atoms with E-state index in [-0.39, 0.29) is 16.8 Å². The molecular weight excluding hydrogens is 174 g/mol. The van der Waals surface area contributed by atoms with E-state index >= 15 is 0 Å². The van der Waals surface area contributed by atoms with Crippen LogP contribution < -0.4 is 5.32 Å². The van der Waals surface area contributed by atoms with Gasteiger partial charge in [0.05, 0.1) is 5.75 Å². The van der Waals surface area contributed by atoms with Crippen LogP contribution in [0, 0.1) is 0 Å². The Morgan fingerprint density at radius 3 is 2.50 bits per heavy atom. The molecule has 0 bridgehead atoms. The van der Waals surface area contributed by atoms with Gasteiger partial charge in [0.15, 0.2) is 0 Å². The van der Waals surface area contributed by atoms with Crippen molar-refractivity contribution >= 4 is 22.8 Å². The summed E-state index contributed by atoms with van der Waals surface area (Å²) in [6, 6.07) is 0. The highest BCUT2D eigenvalue weighted by Crippen LogP contribution is 2.09. The number of allylic oxidation sites excluding steroid dienone is 1. The third-order valence-corrected chi connectivity index (χ3v) is 2.36. The van der Waals surface area contributed by atoms with E-state index in [1.165, 1.54) is 0 Å². The Labute approximate surface area is 76.6 Å². The molecule has 0 atom stereocenters. The summed E-state index contributed by atoms with van der Waals surface area (Å²) in [7, 11) is 1.55. The van der Waals surface area contributed by atoms with Crippen LogP contribution >= 0.6 is 11.8 Å². The molecule has 0 aliphatic rings. The summed E-state index contributed by atoms with van der Waals surface area (Å²) >= 11 is 1.02. The molecular formula is C8H13NO2S. The van der Waals surface area contributed by atoms with Gasteiger partial charge in [0.2, 0.25) is 11.0 Å². The van der Waals surface area contributed by atoms with Gasteiger partial charge in [-0.05, 0) is 19.4 Å². The summed E-state index contributed by atoms with van der Waals surface area (Å²) in [4.78, 5) is 21.8. The van der Waals surface area contributed by atoms with Gasteiger partial charge >= 0.3 is 0 Å². The minimum Gasteiger partial charge on any atom is -0.358 e. The summed E-state index contributed by atoms with van der Waals surface area (Å²) < 4.78 is 0. The molecule has 0 saturated heterocycles. The fourth-order valence-corrected chi connectivity index (χ4v) is 1.19. The van der Waals surface area contributed by atoms with E-state index in [0.717, 1.165) is 11.8 Å². The first-order valence-corrected chi connectivity index (χ1v) is 4.61. The highest BCUT2D eigenvalue weighted by Gasteiger charge is 2.06. The first kappa shape index (κ1) is 11.2. The molecule has 0 radical (unpaired) electrons. The largest absolute Gasteiger partial charge is 0.358 e. The van der Waals surface area contributed by atoms with Crippen LogP contribution in [0.4, 0.5) is 0 Å². The van der Waals surface area contributed by atoms with Crippen LogP contribution in [0.5, 0.6) is 0 Å². The molecule has 0 aliphatic carbocycles. The van der Waals surface area contributed by atoms with Crippen LogP contribution in [0.2, 0.25) is 0 Å². The van der Waals surface area contributed by atoms with Gasteiger partial charge in [0, 0.05) is 7.05 Å². The average molecular weight is 187 g/mol. The number of rotatable bonds is 3. The SMILES string of the molecule is C/C=C(\C)C(=O)SCC(=O)NC. The number of carbonyl (C=O) groups excluding carboxylic acids is 2. The molecule has 0 unspecified atom stereocenters. The maximum atomic E-state index is 11.1. The maximum Gasteiger partial charge on any atom is 0.230 e. The van der Waals surface area contributed by atoms with Gasteiger partial charge in [-0.2, -0.15) is 0 Å². The fraction of sp³-hybridized carbons (Fsp3) is 0.500. The van der Waals surface area contributed by atoms with Gasteiger partial charge in [0.25, 0.3) is 0 Å². The lowest BCUT2D eigenvalue weighted by atomic mass is 10.3. The van der Waals surface area contributed by atoms with E-state index < -0.39 is 0 Å². The molecule has 4 heteroatoms. The zero-order valence-corrected chi connectivity index (χ0v) is 8.33. The second-order valence-corrected chi connectivity index (χ2v) is 3.17. The first-order chi connectivity index (χ1) is 5.61. The lowest BCUT2D eigenvalue weighted by Crippen LogP contribution is -2.20. The summed E-state index contributed by atoms with van der Waals surface area (Å²) in [6.45, 7) is 3.53. The van der Waals surface area contributed by atoms with Crippen molar-refractivity contribution < 1.29 is 9.59 Å². The van der Waals surface area contributed by atoms with Crippen molar-refractivity contribution in [3.8, 4) is 0 Å². The molecule has 0 saturated carbocycles. The fourth-order valence-electron chi connectivity index (χ4n) is 0.435. The van der Waals surface area contributed by atoms with Gasteiger partial charge in [-0.3, -0.25) is 9.59 Å². The number of thioether (sulfide) groups is 1. The molecule has 0 aromatic rings. The topological polar surface area (TPSA) is 46.2 Å². The van der Waals surface area contributed by atoms with Crippen LogP contribution in [-0.2, 0) is 9.59 Å². The third kappa shape index (κ3) is 4.18. The van der Waals surface area contributed by atoms with Gasteiger partial charge in [-0.1, -0.05) is 17.8 Å². The maximum absolute atomic E-state index is 11.1.